The van der Waals surface area contributed by atoms with Gasteiger partial charge in [-0.3, -0.25) is 9.10 Å². The normalized spacial score (nSPS) is 15.8. The van der Waals surface area contributed by atoms with Crippen LogP contribution in [0.5, 0.6) is 5.75 Å². The van der Waals surface area contributed by atoms with Gasteiger partial charge in [-0.05, 0) is 79.4 Å². The Balaban J connectivity index is 1.79. The van der Waals surface area contributed by atoms with E-state index in [1.165, 1.54) is 42.6 Å². The lowest BCUT2D eigenvalue weighted by Gasteiger charge is -2.36. The summed E-state index contributed by atoms with van der Waals surface area (Å²) in [4.78, 5) is 11.8. The van der Waals surface area contributed by atoms with Gasteiger partial charge in [-0.1, -0.05) is 24.3 Å². The largest absolute Gasteiger partial charge is 0.486 e. The fraction of sp³-hybridized carbons (Fsp3) is 0.276. The summed E-state index contributed by atoms with van der Waals surface area (Å²) in [6.45, 7) is 3.16. The predicted octanol–water partition coefficient (Wildman–Crippen LogP) is 6.62. The number of allylic oxidation sites excluding steroid dienone is 1. The predicted molar refractivity (Wildman–Crippen MR) is 143 cm³/mol. The molecular weight excluding hydrogens is 550 g/mol. The Hall–Kier alpha value is -3.86. The molecule has 0 unspecified atom stereocenters. The Labute approximate surface area is 229 Å². The third kappa shape index (κ3) is 6.14. The molecule has 0 amide bonds. The number of esters is 1. The van der Waals surface area contributed by atoms with Gasteiger partial charge in [0.05, 0.1) is 29.8 Å². The number of ether oxygens (including phenoxy) is 2. The Bertz CT molecular complexity index is 1570. The van der Waals surface area contributed by atoms with Gasteiger partial charge in [-0.2, -0.15) is 13.2 Å². The number of aryl methyl sites for hydroxylation is 1. The minimum atomic E-state index is -4.77. The quantitative estimate of drug-likeness (QED) is 0.179. The molecule has 0 aromatic heterocycles. The number of halogens is 4. The molecule has 212 valence electrons. The maximum Gasteiger partial charge on any atom is 0.417 e. The third-order valence-electron chi connectivity index (χ3n) is 6.54. The lowest BCUT2D eigenvalue weighted by Crippen LogP contribution is -2.43. The highest BCUT2D eigenvalue weighted by Crippen LogP contribution is 2.41. The summed E-state index contributed by atoms with van der Waals surface area (Å²) in [5.41, 5.74) is -0.186. The molecule has 4 rings (SSSR count). The van der Waals surface area contributed by atoms with Gasteiger partial charge in [-0.25, -0.2) is 12.8 Å². The minimum Gasteiger partial charge on any atom is -0.486 e. The third-order valence-corrected chi connectivity index (χ3v) is 8.32. The van der Waals surface area contributed by atoms with Crippen LogP contribution in [0, 0.1) is 12.7 Å². The highest BCUT2D eigenvalue weighted by molar-refractivity contribution is 7.92. The molecule has 0 saturated heterocycles. The van der Waals surface area contributed by atoms with Crippen LogP contribution in [0.4, 0.5) is 23.2 Å². The van der Waals surface area contributed by atoms with Crippen LogP contribution in [-0.4, -0.2) is 34.1 Å². The summed E-state index contributed by atoms with van der Waals surface area (Å²) in [5, 5.41) is 0. The summed E-state index contributed by atoms with van der Waals surface area (Å²) in [6.07, 6.45) is -4.14. The fourth-order valence-corrected chi connectivity index (χ4v) is 6.05. The number of anilines is 1. The van der Waals surface area contributed by atoms with E-state index in [-0.39, 0.29) is 41.3 Å². The van der Waals surface area contributed by atoms with Gasteiger partial charge in [0.25, 0.3) is 10.0 Å². The van der Waals surface area contributed by atoms with Crippen molar-refractivity contribution >= 4 is 33.3 Å². The molecule has 3 aromatic carbocycles. The molecule has 1 heterocycles. The standard InChI is InChI=1S/C29H27F4NO5S/c1-18-6-4-7-22(14-18)40(36,37)34-17-21(11-13-28(35)38-3)39-27-12-10-20(16-26(27)34)19(2)15-23-24(29(31,32)33)8-5-9-25(23)30/h4-10,12,14-16,21H,11,13,17H2,1-3H3/b19-15+/t21-/m0/s1. The zero-order valence-electron chi connectivity index (χ0n) is 22.0. The molecule has 1 atom stereocenters. The molecule has 0 fully saturated rings. The van der Waals surface area contributed by atoms with Crippen molar-refractivity contribution in [2.45, 2.75) is 43.9 Å². The molecule has 11 heteroatoms. The van der Waals surface area contributed by atoms with E-state index in [2.05, 4.69) is 4.74 Å². The van der Waals surface area contributed by atoms with Crippen LogP contribution in [0.3, 0.4) is 0 Å². The topological polar surface area (TPSA) is 72.9 Å². The molecule has 0 radical (unpaired) electrons. The van der Waals surface area contributed by atoms with Crippen molar-refractivity contribution in [3.05, 3.63) is 88.7 Å². The molecular formula is C29H27F4NO5S. The maximum atomic E-state index is 14.5. The van der Waals surface area contributed by atoms with Crippen molar-refractivity contribution in [2.24, 2.45) is 0 Å². The second kappa shape index (κ2) is 11.3. The lowest BCUT2D eigenvalue weighted by molar-refractivity contribution is -0.141. The smallest absolute Gasteiger partial charge is 0.417 e. The van der Waals surface area contributed by atoms with Crippen molar-refractivity contribution in [3.63, 3.8) is 0 Å². The van der Waals surface area contributed by atoms with Gasteiger partial charge in [-0.15, -0.1) is 0 Å². The number of hydrogen-bond donors (Lipinski definition) is 0. The molecule has 40 heavy (non-hydrogen) atoms. The van der Waals surface area contributed by atoms with Crippen LogP contribution in [0.25, 0.3) is 11.6 Å². The molecule has 0 spiro atoms. The molecule has 6 nitrogen and oxygen atoms in total. The molecule has 1 aliphatic rings. The number of benzene rings is 3. The van der Waals surface area contributed by atoms with Crippen LogP contribution in [0.15, 0.2) is 65.6 Å². The second-order valence-electron chi connectivity index (χ2n) is 9.42. The Morgan fingerprint density at radius 2 is 1.85 bits per heavy atom. The monoisotopic (exact) mass is 577 g/mol. The van der Waals surface area contributed by atoms with E-state index in [0.29, 0.717) is 5.56 Å². The van der Waals surface area contributed by atoms with Crippen LogP contribution >= 0.6 is 0 Å². The number of nitrogens with zero attached hydrogens (tertiary/aromatic N) is 1. The van der Waals surface area contributed by atoms with Crippen molar-refractivity contribution in [3.8, 4) is 5.75 Å². The van der Waals surface area contributed by atoms with Crippen LogP contribution in [0.1, 0.15) is 42.0 Å². The van der Waals surface area contributed by atoms with Gasteiger partial charge < -0.3 is 9.47 Å². The number of carbonyl (C=O) groups is 1. The number of hydrogen-bond acceptors (Lipinski definition) is 5. The number of carbonyl (C=O) groups excluding carboxylic acids is 1. The summed E-state index contributed by atoms with van der Waals surface area (Å²) < 4.78 is 94.6. The summed E-state index contributed by atoms with van der Waals surface area (Å²) >= 11 is 0. The van der Waals surface area contributed by atoms with Gasteiger partial charge in [0.2, 0.25) is 0 Å². The average Bonchev–Trinajstić information content (AvgIpc) is 2.91. The molecule has 1 aliphatic heterocycles. The SMILES string of the molecule is COC(=O)CC[C@H]1CN(S(=O)(=O)c2cccc(C)c2)c2cc(/C(C)=C/c3c(F)cccc3C(F)(F)F)ccc2O1. The average molecular weight is 578 g/mol. The second-order valence-corrected chi connectivity index (χ2v) is 11.3. The van der Waals surface area contributed by atoms with Crippen molar-refractivity contribution in [1.82, 2.24) is 0 Å². The highest BCUT2D eigenvalue weighted by atomic mass is 32.2. The van der Waals surface area contributed by atoms with E-state index in [9.17, 15) is 30.8 Å². The van der Waals surface area contributed by atoms with Gasteiger partial charge in [0.1, 0.15) is 17.7 Å². The zero-order chi connectivity index (χ0) is 29.2. The van der Waals surface area contributed by atoms with E-state index >= 15 is 0 Å². The molecule has 3 aromatic rings. The number of alkyl halides is 3. The first kappa shape index (κ1) is 29.1. The number of methoxy groups -OCH3 is 1. The number of rotatable bonds is 7. The van der Waals surface area contributed by atoms with E-state index < -0.39 is 45.2 Å². The Kier molecular flexibility index (Phi) is 8.25. The van der Waals surface area contributed by atoms with E-state index in [1.54, 1.807) is 25.1 Å². The summed E-state index contributed by atoms with van der Waals surface area (Å²) in [7, 11) is -2.85. The van der Waals surface area contributed by atoms with Crippen molar-refractivity contribution < 1.29 is 40.2 Å². The van der Waals surface area contributed by atoms with Gasteiger partial charge in [0.15, 0.2) is 0 Å². The minimum absolute atomic E-state index is 0.0128. The van der Waals surface area contributed by atoms with E-state index in [4.69, 9.17) is 4.74 Å². The first-order chi connectivity index (χ1) is 18.8. The zero-order valence-corrected chi connectivity index (χ0v) is 22.8. The Morgan fingerprint density at radius 3 is 2.52 bits per heavy atom. The highest BCUT2D eigenvalue weighted by Gasteiger charge is 2.36. The fourth-order valence-electron chi connectivity index (χ4n) is 4.45. The van der Waals surface area contributed by atoms with Crippen LogP contribution < -0.4 is 9.04 Å². The molecule has 0 saturated carbocycles. The first-order valence-corrected chi connectivity index (χ1v) is 13.8. The number of sulfonamides is 1. The van der Waals surface area contributed by atoms with Crippen molar-refractivity contribution in [2.75, 3.05) is 18.0 Å². The molecule has 0 bridgehead atoms. The number of fused-ring (bicyclic) bond motifs is 1. The lowest BCUT2D eigenvalue weighted by atomic mass is 9.99. The summed E-state index contributed by atoms with van der Waals surface area (Å²) in [5.74, 6) is -1.28. The Morgan fingerprint density at radius 1 is 1.12 bits per heavy atom. The van der Waals surface area contributed by atoms with Gasteiger partial charge >= 0.3 is 12.1 Å². The molecule has 0 N–H and O–H groups in total. The van der Waals surface area contributed by atoms with Crippen LogP contribution in [0.2, 0.25) is 0 Å². The van der Waals surface area contributed by atoms with Crippen molar-refractivity contribution in [1.29, 1.82) is 0 Å². The van der Waals surface area contributed by atoms with E-state index in [0.717, 1.165) is 29.8 Å². The molecule has 0 aliphatic carbocycles. The van der Waals surface area contributed by atoms with Gasteiger partial charge in [0, 0.05) is 12.0 Å². The first-order valence-electron chi connectivity index (χ1n) is 12.3. The van der Waals surface area contributed by atoms with E-state index in [1.807, 2.05) is 0 Å². The maximum absolute atomic E-state index is 14.5. The summed E-state index contributed by atoms with van der Waals surface area (Å²) in [6, 6.07) is 13.7. The van der Waals surface area contributed by atoms with Crippen LogP contribution in [-0.2, 0) is 25.7 Å².